The van der Waals surface area contributed by atoms with Gasteiger partial charge < -0.3 is 10.1 Å². The van der Waals surface area contributed by atoms with Crippen molar-refractivity contribution in [2.24, 2.45) is 0 Å². The standard InChI is InChI=1S/C14H22F3N3O/c1-5-7-18-10-9-11(21-8-6-14(15,16)17)20-12(19-10)13(2,3)4/h9H,5-8H2,1-4H3,(H,18,19,20). The monoisotopic (exact) mass is 305 g/mol. The minimum atomic E-state index is -4.23. The predicted molar refractivity (Wildman–Crippen MR) is 75.7 cm³/mol. The molecule has 0 radical (unpaired) electrons. The fraction of sp³-hybridized carbons (Fsp3) is 0.714. The number of hydrogen-bond donors (Lipinski definition) is 1. The molecule has 0 bridgehead atoms. The predicted octanol–water partition coefficient (Wildman–Crippen LogP) is 3.93. The summed E-state index contributed by atoms with van der Waals surface area (Å²) in [6.45, 7) is 8.10. The second kappa shape index (κ2) is 6.95. The largest absolute Gasteiger partial charge is 0.477 e. The molecule has 0 aliphatic heterocycles. The van der Waals surface area contributed by atoms with Gasteiger partial charge in [0, 0.05) is 18.0 Å². The molecule has 0 amide bonds. The van der Waals surface area contributed by atoms with E-state index >= 15 is 0 Å². The van der Waals surface area contributed by atoms with Crippen molar-refractivity contribution in [1.82, 2.24) is 9.97 Å². The van der Waals surface area contributed by atoms with Gasteiger partial charge in [0.25, 0.3) is 0 Å². The lowest BCUT2D eigenvalue weighted by atomic mass is 9.96. The summed E-state index contributed by atoms with van der Waals surface area (Å²) < 4.78 is 41.6. The van der Waals surface area contributed by atoms with Crippen molar-refractivity contribution in [3.63, 3.8) is 0 Å². The van der Waals surface area contributed by atoms with Gasteiger partial charge in [0.1, 0.15) is 11.6 Å². The summed E-state index contributed by atoms with van der Waals surface area (Å²) in [6.07, 6.45) is -4.32. The molecule has 1 rings (SSSR count). The van der Waals surface area contributed by atoms with E-state index in [-0.39, 0.29) is 11.3 Å². The average Bonchev–Trinajstić information content (AvgIpc) is 2.33. The highest BCUT2D eigenvalue weighted by molar-refractivity contribution is 5.39. The van der Waals surface area contributed by atoms with E-state index in [0.29, 0.717) is 11.6 Å². The van der Waals surface area contributed by atoms with Gasteiger partial charge in [0.15, 0.2) is 0 Å². The van der Waals surface area contributed by atoms with Gasteiger partial charge in [-0.05, 0) is 6.42 Å². The maximum atomic E-state index is 12.1. The minimum Gasteiger partial charge on any atom is -0.477 e. The van der Waals surface area contributed by atoms with Crippen LogP contribution in [0.15, 0.2) is 6.07 Å². The van der Waals surface area contributed by atoms with E-state index in [0.717, 1.165) is 13.0 Å². The van der Waals surface area contributed by atoms with Crippen molar-refractivity contribution >= 4 is 5.82 Å². The van der Waals surface area contributed by atoms with E-state index in [1.165, 1.54) is 6.07 Å². The van der Waals surface area contributed by atoms with Crippen LogP contribution in [0, 0.1) is 0 Å². The van der Waals surface area contributed by atoms with E-state index in [1.54, 1.807) is 0 Å². The lowest BCUT2D eigenvalue weighted by molar-refractivity contribution is -0.139. The van der Waals surface area contributed by atoms with Crippen LogP contribution < -0.4 is 10.1 Å². The maximum absolute atomic E-state index is 12.1. The fourth-order valence-corrected chi connectivity index (χ4v) is 1.45. The molecule has 0 saturated carbocycles. The number of nitrogens with zero attached hydrogens (tertiary/aromatic N) is 2. The zero-order valence-corrected chi connectivity index (χ0v) is 12.8. The minimum absolute atomic E-state index is 0.165. The topological polar surface area (TPSA) is 47.0 Å². The van der Waals surface area contributed by atoms with Gasteiger partial charge in [-0.15, -0.1) is 0 Å². The smallest absolute Gasteiger partial charge is 0.392 e. The summed E-state index contributed by atoms with van der Waals surface area (Å²) in [5.41, 5.74) is -0.313. The molecule has 0 atom stereocenters. The van der Waals surface area contributed by atoms with Crippen LogP contribution in [0.3, 0.4) is 0 Å². The van der Waals surface area contributed by atoms with Crippen LogP contribution in [0.1, 0.15) is 46.4 Å². The highest BCUT2D eigenvalue weighted by Crippen LogP contribution is 2.24. The molecule has 21 heavy (non-hydrogen) atoms. The van der Waals surface area contributed by atoms with Crippen molar-refractivity contribution in [3.8, 4) is 5.88 Å². The SMILES string of the molecule is CCCNc1cc(OCCC(F)(F)F)nc(C(C)(C)C)n1. The fourth-order valence-electron chi connectivity index (χ4n) is 1.45. The number of alkyl halides is 3. The van der Waals surface area contributed by atoms with Crippen molar-refractivity contribution in [3.05, 3.63) is 11.9 Å². The molecule has 0 unspecified atom stereocenters. The van der Waals surface area contributed by atoms with Crippen LogP contribution in [0.25, 0.3) is 0 Å². The van der Waals surface area contributed by atoms with Crippen LogP contribution in [0.5, 0.6) is 5.88 Å². The van der Waals surface area contributed by atoms with Gasteiger partial charge in [-0.3, -0.25) is 0 Å². The molecule has 7 heteroatoms. The average molecular weight is 305 g/mol. The second-order valence-corrected chi connectivity index (χ2v) is 5.81. The highest BCUT2D eigenvalue weighted by Gasteiger charge is 2.27. The Bertz CT molecular complexity index is 456. The first-order chi connectivity index (χ1) is 9.62. The molecule has 0 fully saturated rings. The van der Waals surface area contributed by atoms with Gasteiger partial charge in [-0.2, -0.15) is 18.2 Å². The Kier molecular flexibility index (Phi) is 5.80. The third-order valence-electron chi connectivity index (χ3n) is 2.57. The molecule has 4 nitrogen and oxygen atoms in total. The van der Waals surface area contributed by atoms with Crippen molar-refractivity contribution in [2.45, 2.75) is 52.1 Å². The summed E-state index contributed by atoms with van der Waals surface area (Å²) >= 11 is 0. The lowest BCUT2D eigenvalue weighted by Gasteiger charge is -2.19. The summed E-state index contributed by atoms with van der Waals surface area (Å²) in [4.78, 5) is 8.57. The van der Waals surface area contributed by atoms with Gasteiger partial charge in [0.2, 0.25) is 5.88 Å². The Labute approximate surface area is 123 Å². The molecule has 0 saturated heterocycles. The van der Waals surface area contributed by atoms with Gasteiger partial charge in [-0.1, -0.05) is 27.7 Å². The summed E-state index contributed by atoms with van der Waals surface area (Å²) in [6, 6.07) is 1.53. The molecule has 1 aromatic heterocycles. The lowest BCUT2D eigenvalue weighted by Crippen LogP contribution is -2.19. The Hall–Kier alpha value is -1.53. The van der Waals surface area contributed by atoms with Crippen LogP contribution in [-0.2, 0) is 5.41 Å². The molecule has 0 spiro atoms. The summed E-state index contributed by atoms with van der Waals surface area (Å²) in [7, 11) is 0. The number of ether oxygens (including phenoxy) is 1. The molecule has 1 heterocycles. The number of halogens is 3. The molecule has 0 aromatic carbocycles. The van der Waals surface area contributed by atoms with Crippen LogP contribution in [0.2, 0.25) is 0 Å². The number of nitrogens with one attached hydrogen (secondary N) is 1. The third kappa shape index (κ3) is 6.64. The van der Waals surface area contributed by atoms with E-state index in [2.05, 4.69) is 15.3 Å². The van der Waals surface area contributed by atoms with Crippen LogP contribution in [0.4, 0.5) is 19.0 Å². The Balaban J connectivity index is 2.86. The molecular weight excluding hydrogens is 283 g/mol. The first kappa shape index (κ1) is 17.5. The molecular formula is C14H22F3N3O. The van der Waals surface area contributed by atoms with Gasteiger partial charge >= 0.3 is 6.18 Å². The van der Waals surface area contributed by atoms with Crippen molar-refractivity contribution in [2.75, 3.05) is 18.5 Å². The van der Waals surface area contributed by atoms with Gasteiger partial charge in [-0.25, -0.2) is 4.98 Å². The molecule has 0 aliphatic carbocycles. The normalized spacial score (nSPS) is 12.3. The summed E-state index contributed by atoms with van der Waals surface area (Å²) in [5.74, 6) is 1.27. The Morgan fingerprint density at radius 3 is 2.38 bits per heavy atom. The number of aromatic nitrogens is 2. The molecule has 1 N–H and O–H groups in total. The number of rotatable bonds is 6. The molecule has 1 aromatic rings. The second-order valence-electron chi connectivity index (χ2n) is 5.81. The number of anilines is 1. The van der Waals surface area contributed by atoms with Crippen LogP contribution >= 0.6 is 0 Å². The Morgan fingerprint density at radius 2 is 1.86 bits per heavy atom. The zero-order valence-electron chi connectivity index (χ0n) is 12.8. The van der Waals surface area contributed by atoms with Crippen molar-refractivity contribution in [1.29, 1.82) is 0 Å². The Morgan fingerprint density at radius 1 is 1.19 bits per heavy atom. The first-order valence-electron chi connectivity index (χ1n) is 6.95. The van der Waals surface area contributed by atoms with E-state index in [9.17, 15) is 13.2 Å². The first-order valence-corrected chi connectivity index (χ1v) is 6.95. The third-order valence-corrected chi connectivity index (χ3v) is 2.57. The number of hydrogen-bond acceptors (Lipinski definition) is 4. The van der Waals surface area contributed by atoms with Gasteiger partial charge in [0.05, 0.1) is 13.0 Å². The van der Waals surface area contributed by atoms with E-state index < -0.39 is 19.2 Å². The summed E-state index contributed by atoms with van der Waals surface area (Å²) in [5, 5.41) is 3.10. The maximum Gasteiger partial charge on any atom is 0.392 e. The quantitative estimate of drug-likeness (QED) is 0.865. The van der Waals surface area contributed by atoms with E-state index in [4.69, 9.17) is 4.74 Å². The highest BCUT2D eigenvalue weighted by atomic mass is 19.4. The molecule has 0 aliphatic rings. The van der Waals surface area contributed by atoms with Crippen molar-refractivity contribution < 1.29 is 17.9 Å². The zero-order chi connectivity index (χ0) is 16.1. The van der Waals surface area contributed by atoms with Crippen LogP contribution in [-0.4, -0.2) is 29.3 Å². The molecule has 120 valence electrons. The van der Waals surface area contributed by atoms with E-state index in [1.807, 2.05) is 27.7 Å².